The molecule has 2 aromatic carbocycles. The first-order valence-corrected chi connectivity index (χ1v) is 6.11. The summed E-state index contributed by atoms with van der Waals surface area (Å²) in [6.07, 6.45) is 1.31. The van der Waals surface area contributed by atoms with E-state index in [0.717, 1.165) is 15.8 Å². The Bertz CT molecular complexity index is 732. The molecule has 0 saturated carbocycles. The average Bonchev–Trinajstić information content (AvgIpc) is 2.94. The summed E-state index contributed by atoms with van der Waals surface area (Å²) in [6, 6.07) is 17.3. The molecule has 5 heteroatoms. The molecule has 1 aromatic heterocycles. The molecule has 0 fully saturated rings. The number of hydrogen-bond acceptors (Lipinski definition) is 4. The minimum Gasteiger partial charge on any atom is -0.366 e. The molecule has 98 valence electrons. The van der Waals surface area contributed by atoms with Crippen LogP contribution < -0.4 is 5.73 Å². The van der Waals surface area contributed by atoms with E-state index in [1.807, 2.05) is 42.5 Å². The van der Waals surface area contributed by atoms with Gasteiger partial charge in [0.2, 0.25) is 5.95 Å². The molecule has 5 nitrogen and oxygen atoms in total. The summed E-state index contributed by atoms with van der Waals surface area (Å²) in [4.78, 5) is 15.8. The second-order valence-corrected chi connectivity index (χ2v) is 4.30. The maximum Gasteiger partial charge on any atom is 0.279 e. The van der Waals surface area contributed by atoms with Gasteiger partial charge in [-0.3, -0.25) is 4.79 Å². The van der Waals surface area contributed by atoms with Crippen molar-refractivity contribution in [2.45, 2.75) is 0 Å². The van der Waals surface area contributed by atoms with Gasteiger partial charge in [-0.15, -0.1) is 5.10 Å². The summed E-state index contributed by atoms with van der Waals surface area (Å²) in [5, 5.41) is 3.80. The zero-order chi connectivity index (χ0) is 13.9. The highest BCUT2D eigenvalue weighted by Gasteiger charge is 2.10. The van der Waals surface area contributed by atoms with Gasteiger partial charge in [0.25, 0.3) is 5.91 Å². The first kappa shape index (κ1) is 12.1. The summed E-state index contributed by atoms with van der Waals surface area (Å²) in [5.41, 5.74) is 8.10. The molecule has 0 spiro atoms. The van der Waals surface area contributed by atoms with Gasteiger partial charge in [-0.1, -0.05) is 42.5 Å². The van der Waals surface area contributed by atoms with Crippen molar-refractivity contribution in [3.8, 4) is 11.1 Å². The van der Waals surface area contributed by atoms with Crippen molar-refractivity contribution in [2.24, 2.45) is 0 Å². The Kier molecular flexibility index (Phi) is 3.01. The van der Waals surface area contributed by atoms with Gasteiger partial charge in [0.1, 0.15) is 6.33 Å². The predicted octanol–water partition coefficient (Wildman–Crippen LogP) is 2.22. The zero-order valence-electron chi connectivity index (χ0n) is 10.6. The normalized spacial score (nSPS) is 10.4. The highest BCUT2D eigenvalue weighted by atomic mass is 16.2. The number of anilines is 1. The number of carbonyl (C=O) groups is 1. The zero-order valence-corrected chi connectivity index (χ0v) is 10.6. The fraction of sp³-hybridized carbons (Fsp3) is 0. The van der Waals surface area contributed by atoms with Crippen molar-refractivity contribution < 1.29 is 4.79 Å². The van der Waals surface area contributed by atoms with Gasteiger partial charge in [-0.05, 0) is 23.3 Å². The van der Waals surface area contributed by atoms with E-state index in [1.165, 1.54) is 6.33 Å². The van der Waals surface area contributed by atoms with Gasteiger partial charge in [-0.2, -0.15) is 4.68 Å². The molecule has 0 aliphatic carbocycles. The third-order valence-electron chi connectivity index (χ3n) is 2.96. The van der Waals surface area contributed by atoms with Crippen LogP contribution in [0, 0.1) is 0 Å². The van der Waals surface area contributed by atoms with Gasteiger partial charge in [0.05, 0.1) is 0 Å². The van der Waals surface area contributed by atoms with Crippen LogP contribution >= 0.6 is 0 Å². The van der Waals surface area contributed by atoms with Crippen molar-refractivity contribution in [1.29, 1.82) is 0 Å². The third kappa shape index (κ3) is 2.29. The lowest BCUT2D eigenvalue weighted by atomic mass is 10.0. The van der Waals surface area contributed by atoms with E-state index in [-0.39, 0.29) is 11.9 Å². The summed E-state index contributed by atoms with van der Waals surface area (Å²) >= 11 is 0. The number of nitrogens with zero attached hydrogens (tertiary/aromatic N) is 3. The molecular weight excluding hydrogens is 252 g/mol. The summed E-state index contributed by atoms with van der Waals surface area (Å²) in [7, 11) is 0. The molecule has 20 heavy (non-hydrogen) atoms. The van der Waals surface area contributed by atoms with Crippen molar-refractivity contribution in [3.05, 3.63) is 66.5 Å². The SMILES string of the molecule is Nc1ncn(C(=O)c2ccc(-c3ccccc3)cc2)n1. The monoisotopic (exact) mass is 264 g/mol. The van der Waals surface area contributed by atoms with Crippen molar-refractivity contribution in [3.63, 3.8) is 0 Å². The van der Waals surface area contributed by atoms with Crippen LogP contribution in [0.1, 0.15) is 10.4 Å². The smallest absolute Gasteiger partial charge is 0.279 e. The van der Waals surface area contributed by atoms with Crippen LogP contribution in [0.4, 0.5) is 5.95 Å². The molecule has 2 N–H and O–H groups in total. The molecule has 0 unspecified atom stereocenters. The number of nitrogens with two attached hydrogens (primary N) is 1. The third-order valence-corrected chi connectivity index (χ3v) is 2.96. The van der Waals surface area contributed by atoms with Gasteiger partial charge in [-0.25, -0.2) is 4.98 Å². The van der Waals surface area contributed by atoms with Crippen molar-refractivity contribution in [2.75, 3.05) is 5.73 Å². The standard InChI is InChI=1S/C15H12N4O/c16-15-17-10-19(18-15)14(20)13-8-6-12(7-9-13)11-4-2-1-3-5-11/h1-10H,(H2,16,18). The molecule has 0 saturated heterocycles. The Morgan fingerprint density at radius 2 is 1.60 bits per heavy atom. The van der Waals surface area contributed by atoms with Crippen LogP contribution in [0.2, 0.25) is 0 Å². The number of hydrogen-bond donors (Lipinski definition) is 1. The molecular formula is C15H12N4O. The highest BCUT2D eigenvalue weighted by Crippen LogP contribution is 2.19. The molecule has 3 rings (SSSR count). The summed E-state index contributed by atoms with van der Waals surface area (Å²) in [6.45, 7) is 0. The second kappa shape index (κ2) is 4.97. The number of benzene rings is 2. The van der Waals surface area contributed by atoms with Gasteiger partial charge < -0.3 is 5.73 Å². The van der Waals surface area contributed by atoms with Crippen molar-refractivity contribution >= 4 is 11.9 Å². The van der Waals surface area contributed by atoms with Crippen LogP contribution in [-0.4, -0.2) is 20.7 Å². The second-order valence-electron chi connectivity index (χ2n) is 4.30. The Balaban J connectivity index is 1.88. The first-order chi connectivity index (χ1) is 9.74. The van der Waals surface area contributed by atoms with E-state index in [9.17, 15) is 4.79 Å². The summed E-state index contributed by atoms with van der Waals surface area (Å²) in [5.74, 6) is -0.173. The number of nitrogen functional groups attached to an aromatic ring is 1. The van der Waals surface area contributed by atoms with Gasteiger partial charge >= 0.3 is 0 Å². The number of rotatable bonds is 2. The molecule has 3 aromatic rings. The van der Waals surface area contributed by atoms with E-state index in [0.29, 0.717) is 5.56 Å². The lowest BCUT2D eigenvalue weighted by Gasteiger charge is -2.03. The Hall–Kier alpha value is -2.95. The van der Waals surface area contributed by atoms with Gasteiger partial charge in [0.15, 0.2) is 0 Å². The molecule has 0 radical (unpaired) electrons. The van der Waals surface area contributed by atoms with Gasteiger partial charge in [0, 0.05) is 5.56 Å². The Morgan fingerprint density at radius 1 is 0.950 bits per heavy atom. The number of carbonyl (C=O) groups excluding carboxylic acids is 1. The molecule has 1 heterocycles. The Morgan fingerprint density at radius 3 is 2.20 bits per heavy atom. The fourth-order valence-corrected chi connectivity index (χ4v) is 1.94. The van der Waals surface area contributed by atoms with Crippen LogP contribution in [0.25, 0.3) is 11.1 Å². The van der Waals surface area contributed by atoms with E-state index in [1.54, 1.807) is 12.1 Å². The van der Waals surface area contributed by atoms with E-state index in [2.05, 4.69) is 10.1 Å². The minimum atomic E-state index is -0.256. The van der Waals surface area contributed by atoms with E-state index in [4.69, 9.17) is 5.73 Å². The molecule has 0 bridgehead atoms. The fourth-order valence-electron chi connectivity index (χ4n) is 1.94. The Labute approximate surface area is 115 Å². The molecule has 0 aliphatic rings. The first-order valence-electron chi connectivity index (χ1n) is 6.11. The molecule has 0 atom stereocenters. The van der Waals surface area contributed by atoms with E-state index < -0.39 is 0 Å². The predicted molar refractivity (Wildman–Crippen MR) is 76.0 cm³/mol. The van der Waals surface area contributed by atoms with Crippen molar-refractivity contribution in [1.82, 2.24) is 14.8 Å². The quantitative estimate of drug-likeness (QED) is 0.770. The highest BCUT2D eigenvalue weighted by molar-refractivity contribution is 5.95. The van der Waals surface area contributed by atoms with Crippen LogP contribution in [0.3, 0.4) is 0 Å². The lowest BCUT2D eigenvalue weighted by molar-refractivity contribution is 0.0945. The topological polar surface area (TPSA) is 73.8 Å². The number of aromatic nitrogens is 3. The van der Waals surface area contributed by atoms with Crippen LogP contribution in [0.15, 0.2) is 60.9 Å². The minimum absolute atomic E-state index is 0.0826. The maximum atomic E-state index is 12.1. The average molecular weight is 264 g/mol. The lowest BCUT2D eigenvalue weighted by Crippen LogP contribution is -2.12. The molecule has 0 aliphatic heterocycles. The maximum absolute atomic E-state index is 12.1. The molecule has 0 amide bonds. The largest absolute Gasteiger partial charge is 0.366 e. The van der Waals surface area contributed by atoms with Crippen LogP contribution in [-0.2, 0) is 0 Å². The summed E-state index contributed by atoms with van der Waals surface area (Å²) < 4.78 is 1.13. The van der Waals surface area contributed by atoms with Crippen LogP contribution in [0.5, 0.6) is 0 Å². The van der Waals surface area contributed by atoms with E-state index >= 15 is 0 Å².